The first-order chi connectivity index (χ1) is 14.1. The van der Waals surface area contributed by atoms with Gasteiger partial charge in [0.15, 0.2) is 4.34 Å². The number of halogens is 1. The van der Waals surface area contributed by atoms with E-state index in [1.165, 1.54) is 23.1 Å². The van der Waals surface area contributed by atoms with Gasteiger partial charge in [-0.25, -0.2) is 5.01 Å². The first kappa shape index (κ1) is 19.9. The number of benzene rings is 2. The highest BCUT2D eigenvalue weighted by Gasteiger charge is 2.22. The van der Waals surface area contributed by atoms with Crippen LogP contribution in [0.2, 0.25) is 5.02 Å². The van der Waals surface area contributed by atoms with E-state index in [1.54, 1.807) is 5.01 Å². The van der Waals surface area contributed by atoms with Crippen LogP contribution < -0.4 is 5.32 Å². The van der Waals surface area contributed by atoms with Crippen molar-refractivity contribution in [3.8, 4) is 0 Å². The molecule has 2 heterocycles. The van der Waals surface area contributed by atoms with Crippen LogP contribution in [0, 0.1) is 6.92 Å². The van der Waals surface area contributed by atoms with Crippen molar-refractivity contribution in [1.29, 1.82) is 0 Å². The Morgan fingerprint density at radius 2 is 2.07 bits per heavy atom. The van der Waals surface area contributed by atoms with Crippen molar-refractivity contribution in [3.05, 3.63) is 64.7 Å². The Kier molecular flexibility index (Phi) is 6.13. The largest absolute Gasteiger partial charge is 0.330 e. The number of aromatic nitrogens is 2. The molecule has 0 unspecified atom stereocenters. The molecule has 2 aromatic carbocycles. The fourth-order valence-electron chi connectivity index (χ4n) is 2.78. The van der Waals surface area contributed by atoms with E-state index in [-0.39, 0.29) is 11.7 Å². The summed E-state index contributed by atoms with van der Waals surface area (Å²) in [5.41, 5.74) is 3.88. The monoisotopic (exact) mass is 443 g/mol. The Hall–Kier alpha value is -2.42. The number of hydrogen-bond donors (Lipinski definition) is 1. The molecule has 0 atom stereocenters. The van der Waals surface area contributed by atoms with Crippen molar-refractivity contribution in [2.24, 2.45) is 5.10 Å². The molecule has 1 N–H and O–H groups in total. The molecule has 4 rings (SSSR count). The van der Waals surface area contributed by atoms with Gasteiger partial charge in [-0.05, 0) is 30.2 Å². The third-order valence-corrected chi connectivity index (χ3v) is 6.71. The summed E-state index contributed by atoms with van der Waals surface area (Å²) >= 11 is 8.92. The minimum atomic E-state index is -0.0315. The summed E-state index contributed by atoms with van der Waals surface area (Å²) in [6.07, 6.45) is 0.770. The van der Waals surface area contributed by atoms with Gasteiger partial charge in [0, 0.05) is 17.1 Å². The third-order valence-electron chi connectivity index (χ3n) is 4.35. The Bertz CT molecular complexity index is 1050. The van der Waals surface area contributed by atoms with Crippen LogP contribution in [0.5, 0.6) is 0 Å². The van der Waals surface area contributed by atoms with Gasteiger partial charge >= 0.3 is 0 Å². The number of amides is 1. The SMILES string of the molecule is Cc1ccc(Nc2nnc(SCC(=O)N3CCC(c4ccccc4)=N3)s2)cc1Cl. The van der Waals surface area contributed by atoms with E-state index in [2.05, 4.69) is 20.6 Å². The van der Waals surface area contributed by atoms with E-state index >= 15 is 0 Å². The quantitative estimate of drug-likeness (QED) is 0.544. The van der Waals surface area contributed by atoms with Gasteiger partial charge in [0.05, 0.1) is 18.0 Å². The zero-order chi connectivity index (χ0) is 20.2. The van der Waals surface area contributed by atoms with Crippen molar-refractivity contribution in [3.63, 3.8) is 0 Å². The molecule has 0 aliphatic carbocycles. The lowest BCUT2D eigenvalue weighted by atomic mass is 10.1. The maximum absolute atomic E-state index is 12.5. The van der Waals surface area contributed by atoms with Gasteiger partial charge in [-0.15, -0.1) is 10.2 Å². The van der Waals surface area contributed by atoms with Crippen molar-refractivity contribution in [2.45, 2.75) is 17.7 Å². The Morgan fingerprint density at radius 1 is 1.24 bits per heavy atom. The fourth-order valence-corrected chi connectivity index (χ4v) is 4.60. The molecule has 29 heavy (non-hydrogen) atoms. The van der Waals surface area contributed by atoms with Gasteiger partial charge in [-0.3, -0.25) is 4.79 Å². The van der Waals surface area contributed by atoms with Crippen LogP contribution >= 0.6 is 34.7 Å². The molecule has 1 aliphatic heterocycles. The average Bonchev–Trinajstić information content (AvgIpc) is 3.40. The summed E-state index contributed by atoms with van der Waals surface area (Å²) in [6, 6.07) is 15.7. The predicted molar refractivity (Wildman–Crippen MR) is 119 cm³/mol. The molecular weight excluding hydrogens is 426 g/mol. The minimum absolute atomic E-state index is 0.0315. The lowest BCUT2D eigenvalue weighted by molar-refractivity contribution is -0.127. The normalized spacial score (nSPS) is 13.4. The van der Waals surface area contributed by atoms with Crippen LogP contribution in [0.4, 0.5) is 10.8 Å². The predicted octanol–water partition coefficient (Wildman–Crippen LogP) is 4.97. The summed E-state index contributed by atoms with van der Waals surface area (Å²) in [5.74, 6) is 0.243. The highest BCUT2D eigenvalue weighted by molar-refractivity contribution is 8.01. The lowest BCUT2D eigenvalue weighted by Gasteiger charge is -2.09. The third kappa shape index (κ3) is 4.95. The second kappa shape index (κ2) is 8.94. The van der Waals surface area contributed by atoms with Crippen LogP contribution in [-0.2, 0) is 4.79 Å². The van der Waals surface area contributed by atoms with Gasteiger partial charge < -0.3 is 5.32 Å². The summed E-state index contributed by atoms with van der Waals surface area (Å²) in [6.45, 7) is 2.57. The maximum atomic E-state index is 12.5. The average molecular weight is 444 g/mol. The lowest BCUT2D eigenvalue weighted by Crippen LogP contribution is -2.25. The number of rotatable bonds is 6. The molecule has 6 nitrogen and oxygen atoms in total. The van der Waals surface area contributed by atoms with Crippen LogP contribution in [0.3, 0.4) is 0 Å². The molecule has 0 fully saturated rings. The number of nitrogens with one attached hydrogen (secondary N) is 1. The molecule has 0 radical (unpaired) electrons. The summed E-state index contributed by atoms with van der Waals surface area (Å²) in [4.78, 5) is 12.5. The Labute approximate surface area is 182 Å². The molecule has 0 spiro atoms. The van der Waals surface area contributed by atoms with Crippen molar-refractivity contribution in [1.82, 2.24) is 15.2 Å². The fraction of sp³-hybridized carbons (Fsp3) is 0.200. The summed E-state index contributed by atoms with van der Waals surface area (Å²) in [5, 5.41) is 18.8. The Morgan fingerprint density at radius 3 is 2.86 bits per heavy atom. The van der Waals surface area contributed by atoms with Crippen LogP contribution in [0.15, 0.2) is 58.0 Å². The number of hydrogen-bond acceptors (Lipinski definition) is 7. The van der Waals surface area contributed by atoms with Crippen molar-refractivity contribution >= 4 is 57.1 Å². The summed E-state index contributed by atoms with van der Waals surface area (Å²) < 4.78 is 0.727. The van der Waals surface area contributed by atoms with Crippen LogP contribution in [-0.4, -0.2) is 39.1 Å². The zero-order valence-electron chi connectivity index (χ0n) is 15.6. The van der Waals surface area contributed by atoms with Crippen molar-refractivity contribution in [2.75, 3.05) is 17.6 Å². The second-order valence-corrected chi connectivity index (χ2v) is 9.04. The molecular formula is C20H18ClN5OS2. The van der Waals surface area contributed by atoms with Crippen LogP contribution in [0.25, 0.3) is 0 Å². The number of nitrogens with zero attached hydrogens (tertiary/aromatic N) is 4. The standard InChI is InChI=1S/C20H18ClN5OS2/c1-13-7-8-15(11-16(13)21)22-19-23-24-20(29-19)28-12-18(27)26-10-9-17(25-26)14-5-3-2-4-6-14/h2-8,11H,9-10,12H2,1H3,(H,22,23). The highest BCUT2D eigenvalue weighted by Crippen LogP contribution is 2.29. The molecule has 148 valence electrons. The van der Waals surface area contributed by atoms with E-state index in [0.717, 1.165) is 33.3 Å². The molecule has 3 aromatic rings. The van der Waals surface area contributed by atoms with Gasteiger partial charge in [0.25, 0.3) is 5.91 Å². The molecule has 0 bridgehead atoms. The zero-order valence-corrected chi connectivity index (χ0v) is 18.0. The molecule has 1 aliphatic rings. The van der Waals surface area contributed by atoms with E-state index in [1.807, 2.05) is 55.5 Å². The van der Waals surface area contributed by atoms with Gasteiger partial charge in [0.1, 0.15) is 0 Å². The number of aryl methyl sites for hydroxylation is 1. The number of anilines is 2. The second-order valence-electron chi connectivity index (χ2n) is 6.43. The first-order valence-corrected chi connectivity index (χ1v) is 11.2. The number of carbonyl (C=O) groups excluding carboxylic acids is 1. The van der Waals surface area contributed by atoms with Gasteiger partial charge in [-0.1, -0.05) is 71.1 Å². The number of hydrazone groups is 1. The maximum Gasteiger partial charge on any atom is 0.253 e. The van der Waals surface area contributed by atoms with E-state index in [4.69, 9.17) is 11.6 Å². The van der Waals surface area contributed by atoms with E-state index < -0.39 is 0 Å². The van der Waals surface area contributed by atoms with Gasteiger partial charge in [0.2, 0.25) is 5.13 Å². The molecule has 1 amide bonds. The van der Waals surface area contributed by atoms with Crippen molar-refractivity contribution < 1.29 is 4.79 Å². The smallest absolute Gasteiger partial charge is 0.253 e. The summed E-state index contributed by atoms with van der Waals surface area (Å²) in [7, 11) is 0. The first-order valence-electron chi connectivity index (χ1n) is 9.01. The highest BCUT2D eigenvalue weighted by atomic mass is 35.5. The molecule has 1 aromatic heterocycles. The Balaban J connectivity index is 1.32. The topological polar surface area (TPSA) is 70.5 Å². The molecule has 0 saturated heterocycles. The van der Waals surface area contributed by atoms with E-state index in [0.29, 0.717) is 16.7 Å². The molecule has 9 heteroatoms. The molecule has 0 saturated carbocycles. The number of carbonyl (C=O) groups is 1. The van der Waals surface area contributed by atoms with E-state index in [9.17, 15) is 4.79 Å². The van der Waals surface area contributed by atoms with Crippen LogP contribution in [0.1, 0.15) is 17.5 Å². The van der Waals surface area contributed by atoms with Gasteiger partial charge in [-0.2, -0.15) is 5.10 Å². The number of thioether (sulfide) groups is 1. The minimum Gasteiger partial charge on any atom is -0.330 e.